The number of carbonyl (C=O) groups excluding carboxylic acids is 2. The van der Waals surface area contributed by atoms with E-state index in [1.54, 1.807) is 12.4 Å². The number of hydrogen-bond acceptors (Lipinski definition) is 12. The first-order chi connectivity index (χ1) is 29.4. The van der Waals surface area contributed by atoms with Gasteiger partial charge in [0.15, 0.2) is 0 Å². The summed E-state index contributed by atoms with van der Waals surface area (Å²) in [6.07, 6.45) is 11.8. The molecule has 8 rings (SSSR count). The highest BCUT2D eigenvalue weighted by molar-refractivity contribution is 7.92. The number of aryl methyl sites for hydroxylation is 1. The molecule has 0 radical (unpaired) electrons. The molecule has 0 bridgehead atoms. The zero-order valence-corrected chi connectivity index (χ0v) is 33.6. The number of amides is 1. The fourth-order valence-electron chi connectivity index (χ4n) is 7.24. The fourth-order valence-corrected chi connectivity index (χ4v) is 8.30. The number of nitrogens with one attached hydrogen (secondary N) is 2. The quantitative estimate of drug-likeness (QED) is 0.164. The molecule has 2 N–H and O–H groups in total. The fraction of sp³-hybridized carbons (Fsp3) is 0.286. The van der Waals surface area contributed by atoms with Gasteiger partial charge in [-0.05, 0) is 73.6 Å². The summed E-state index contributed by atoms with van der Waals surface area (Å²) in [5.74, 6) is -3.89. The van der Waals surface area contributed by atoms with Gasteiger partial charge in [-0.15, -0.1) is 0 Å². The molecule has 0 unspecified atom stereocenters. The van der Waals surface area contributed by atoms with Gasteiger partial charge in [0.05, 0.1) is 33.2 Å². The van der Waals surface area contributed by atoms with Gasteiger partial charge >= 0.3 is 11.7 Å². The Bertz CT molecular complexity index is 2860. The number of nitrogens with zero attached hydrogens (tertiary/aromatic N) is 7. The lowest BCUT2D eigenvalue weighted by Gasteiger charge is -2.30. The number of benzene rings is 2. The number of sulfonamides is 1. The van der Waals surface area contributed by atoms with Gasteiger partial charge in [0.25, 0.3) is 21.5 Å². The van der Waals surface area contributed by atoms with Crippen LogP contribution in [-0.2, 0) is 33.0 Å². The predicted octanol–water partition coefficient (Wildman–Crippen LogP) is 4.44. The van der Waals surface area contributed by atoms with Crippen LogP contribution in [0.3, 0.4) is 0 Å². The van der Waals surface area contributed by atoms with Crippen LogP contribution in [0, 0.1) is 11.6 Å². The number of aromatic nitrogens is 6. The normalized spacial score (nSPS) is 14.9. The van der Waals surface area contributed by atoms with Gasteiger partial charge in [0, 0.05) is 63.0 Å². The van der Waals surface area contributed by atoms with Gasteiger partial charge in [0.1, 0.15) is 29.6 Å². The van der Waals surface area contributed by atoms with E-state index in [1.807, 2.05) is 9.62 Å². The van der Waals surface area contributed by atoms with E-state index in [0.717, 1.165) is 43.3 Å². The Kier molecular flexibility index (Phi) is 11.4. The van der Waals surface area contributed by atoms with Crippen molar-refractivity contribution < 1.29 is 31.5 Å². The van der Waals surface area contributed by atoms with E-state index in [0.29, 0.717) is 53.1 Å². The number of pyridine rings is 2. The lowest BCUT2D eigenvalue weighted by molar-refractivity contribution is -0.152. The second-order valence-corrected chi connectivity index (χ2v) is 16.6. The Morgan fingerprint density at radius 3 is 2.28 bits per heavy atom. The van der Waals surface area contributed by atoms with Gasteiger partial charge in [-0.3, -0.25) is 23.9 Å². The number of rotatable bonds is 12. The maximum absolute atomic E-state index is 15.6. The third kappa shape index (κ3) is 8.59. The van der Waals surface area contributed by atoms with Crippen LogP contribution in [0.1, 0.15) is 54.4 Å². The second kappa shape index (κ2) is 17.0. The lowest BCUT2D eigenvalue weighted by Crippen LogP contribution is -2.45. The minimum atomic E-state index is -4.42. The summed E-state index contributed by atoms with van der Waals surface area (Å²) in [5.41, 5.74) is -0.805. The first-order valence-corrected chi connectivity index (χ1v) is 21.1. The van der Waals surface area contributed by atoms with E-state index in [-0.39, 0.29) is 22.5 Å². The van der Waals surface area contributed by atoms with E-state index in [2.05, 4.69) is 25.3 Å². The number of fused-ring (bicyclic) bond motifs is 1. The predicted molar refractivity (Wildman–Crippen MR) is 220 cm³/mol. The zero-order valence-electron chi connectivity index (χ0n) is 32.8. The minimum Gasteiger partial charge on any atom is -0.461 e. The van der Waals surface area contributed by atoms with Crippen LogP contribution in [0.4, 0.5) is 20.4 Å². The van der Waals surface area contributed by atoms with Gasteiger partial charge in [0.2, 0.25) is 5.95 Å². The number of anilines is 2. The molecule has 1 saturated heterocycles. The molecule has 1 aliphatic heterocycles. The van der Waals surface area contributed by atoms with Crippen LogP contribution in [0.5, 0.6) is 0 Å². The molecule has 1 atom stereocenters. The van der Waals surface area contributed by atoms with E-state index >= 15 is 8.78 Å². The van der Waals surface area contributed by atoms with Crippen molar-refractivity contribution in [1.29, 1.82) is 0 Å². The molecule has 16 nitrogen and oxygen atoms in total. The van der Waals surface area contributed by atoms with Crippen molar-refractivity contribution in [3.63, 3.8) is 0 Å². The Hall–Kier alpha value is -6.89. The van der Waals surface area contributed by atoms with E-state index in [9.17, 15) is 27.6 Å². The first-order valence-electron chi connectivity index (χ1n) is 19.6. The molecule has 314 valence electrons. The molecule has 6 aromatic rings. The van der Waals surface area contributed by atoms with E-state index in [4.69, 9.17) is 4.74 Å². The molecular weight excluding hydrogens is 813 g/mol. The summed E-state index contributed by atoms with van der Waals surface area (Å²) in [7, 11) is -2.92. The van der Waals surface area contributed by atoms with Crippen molar-refractivity contribution in [2.24, 2.45) is 7.05 Å². The Morgan fingerprint density at radius 2 is 1.61 bits per heavy atom. The topological polar surface area (TPSA) is 200 Å². The van der Waals surface area contributed by atoms with Crippen molar-refractivity contribution in [2.75, 3.05) is 22.7 Å². The van der Waals surface area contributed by atoms with Crippen molar-refractivity contribution in [3.05, 3.63) is 129 Å². The summed E-state index contributed by atoms with van der Waals surface area (Å²) >= 11 is 0. The molecule has 19 heteroatoms. The van der Waals surface area contributed by atoms with Gasteiger partial charge < -0.3 is 15.0 Å². The highest BCUT2D eigenvalue weighted by Gasteiger charge is 2.29. The van der Waals surface area contributed by atoms with Gasteiger partial charge in [-0.1, -0.05) is 24.6 Å². The minimum absolute atomic E-state index is 0.00182. The zero-order chi connectivity index (χ0) is 42.8. The standard InChI is InChI=1S/C42H39F2N9O7S/c1-51-36-24-45-15-14-30(36)39(55)53(42(51)57)37-13-8-25(21-46-37)18-35(40(56)60-28-6-3-2-4-7-28)49-38(54)31-19-33(44)34(20-32(31)43)50-61(58,59)29-11-9-26(10-12-29)27-22-47-41(48-23-27)52-16-5-17-52/h8-15,19-24,28,35,50H,2-7,16-18H2,1H3,(H,49,54)/t35-/m0/s1. The lowest BCUT2D eigenvalue weighted by atomic mass is 9.97. The SMILES string of the molecule is Cn1c(=O)n(-c2ccc(C[C@H](NC(=O)c3cc(F)c(NS(=O)(=O)c4ccc(-c5cnc(N6CCC6)nc5)cc4)cc3F)C(=O)OC3CCCCC3)cn2)c(=O)c2ccncc21. The average molecular weight is 852 g/mol. The third-order valence-electron chi connectivity index (χ3n) is 10.8. The maximum atomic E-state index is 15.6. The van der Waals surface area contributed by atoms with Gasteiger partial charge in [-0.2, -0.15) is 0 Å². The number of esters is 1. The molecule has 2 aliphatic rings. The molecule has 2 fully saturated rings. The van der Waals surface area contributed by atoms with E-state index in [1.165, 1.54) is 72.7 Å². The highest BCUT2D eigenvalue weighted by atomic mass is 32.2. The molecule has 4 aromatic heterocycles. The Labute approximate surface area is 347 Å². The molecule has 5 heterocycles. The summed E-state index contributed by atoms with van der Waals surface area (Å²) < 4.78 is 67.5. The first kappa shape index (κ1) is 40.9. The van der Waals surface area contributed by atoms with Crippen molar-refractivity contribution in [1.82, 2.24) is 34.4 Å². The second-order valence-electron chi connectivity index (χ2n) is 14.9. The van der Waals surface area contributed by atoms with Gasteiger partial charge in [-0.25, -0.2) is 46.3 Å². The number of halogens is 2. The van der Waals surface area contributed by atoms with Crippen LogP contribution in [0.15, 0.2) is 100 Å². The summed E-state index contributed by atoms with van der Waals surface area (Å²) in [4.78, 5) is 72.3. The summed E-state index contributed by atoms with van der Waals surface area (Å²) in [6, 6.07) is 9.74. The number of hydrogen-bond donors (Lipinski definition) is 2. The highest BCUT2D eigenvalue weighted by Crippen LogP contribution is 2.27. The smallest absolute Gasteiger partial charge is 0.337 e. The summed E-state index contributed by atoms with van der Waals surface area (Å²) in [5, 5.41) is 2.69. The van der Waals surface area contributed by atoms with E-state index < -0.39 is 68.2 Å². The Morgan fingerprint density at radius 1 is 0.869 bits per heavy atom. The number of carbonyl (C=O) groups is 2. The molecule has 1 amide bonds. The molecule has 61 heavy (non-hydrogen) atoms. The Balaban J connectivity index is 0.987. The van der Waals surface area contributed by atoms with Crippen molar-refractivity contribution in [2.45, 2.75) is 62.0 Å². The third-order valence-corrected chi connectivity index (χ3v) is 12.2. The summed E-state index contributed by atoms with van der Waals surface area (Å²) in [6.45, 7) is 1.77. The van der Waals surface area contributed by atoms with Crippen LogP contribution < -0.4 is 26.2 Å². The number of ether oxygens (including phenoxy) is 1. The monoisotopic (exact) mass is 851 g/mol. The van der Waals surface area contributed by atoms with Crippen molar-refractivity contribution >= 4 is 44.4 Å². The van der Waals surface area contributed by atoms with Crippen LogP contribution in [0.2, 0.25) is 0 Å². The maximum Gasteiger partial charge on any atom is 0.337 e. The van der Waals surface area contributed by atoms with Crippen LogP contribution >= 0.6 is 0 Å². The van der Waals surface area contributed by atoms with Crippen molar-refractivity contribution in [3.8, 4) is 16.9 Å². The molecule has 0 spiro atoms. The largest absolute Gasteiger partial charge is 0.461 e. The van der Waals surface area contributed by atoms with Crippen LogP contribution in [0.25, 0.3) is 27.8 Å². The van der Waals surface area contributed by atoms with Crippen LogP contribution in [-0.4, -0.2) is 74.6 Å². The molecule has 1 saturated carbocycles. The average Bonchev–Trinajstić information content (AvgIpc) is 3.24. The molecule has 1 aliphatic carbocycles. The molecule has 2 aromatic carbocycles. The molecular formula is C42H39F2N9O7S.